The molecule has 0 bridgehead atoms. The fourth-order valence-corrected chi connectivity index (χ4v) is 5.19. The number of aryl methyl sites for hydroxylation is 1. The van der Waals surface area contributed by atoms with Crippen LogP contribution in [0.4, 0.5) is 10.1 Å². The lowest BCUT2D eigenvalue weighted by molar-refractivity contribution is -0.139. The lowest BCUT2D eigenvalue weighted by Crippen LogP contribution is -2.52. The smallest absolute Gasteiger partial charge is 0.264 e. The molecule has 0 aliphatic heterocycles. The highest BCUT2D eigenvalue weighted by Crippen LogP contribution is 2.25. The van der Waals surface area contributed by atoms with E-state index in [9.17, 15) is 22.4 Å². The van der Waals surface area contributed by atoms with E-state index < -0.39 is 40.2 Å². The maximum atomic E-state index is 14.5. The second-order valence-corrected chi connectivity index (χ2v) is 11.0. The second-order valence-electron chi connectivity index (χ2n) is 9.11. The molecule has 1 unspecified atom stereocenters. The van der Waals surface area contributed by atoms with Gasteiger partial charge in [-0.15, -0.1) is 0 Å². The quantitative estimate of drug-likeness (QED) is 0.428. The first-order valence-electron chi connectivity index (χ1n) is 12.0. The molecular weight excluding hydrogens is 493 g/mol. The fraction of sp³-hybridized carbons (Fsp3) is 0.286. The third-order valence-electron chi connectivity index (χ3n) is 5.83. The Morgan fingerprint density at radius 2 is 1.49 bits per heavy atom. The van der Waals surface area contributed by atoms with Crippen LogP contribution in [-0.4, -0.2) is 43.8 Å². The number of hydrogen-bond acceptors (Lipinski definition) is 4. The largest absolute Gasteiger partial charge is 0.352 e. The summed E-state index contributed by atoms with van der Waals surface area (Å²) in [5.74, 6) is -1.59. The predicted molar refractivity (Wildman–Crippen MR) is 142 cm³/mol. The van der Waals surface area contributed by atoms with Crippen LogP contribution >= 0.6 is 0 Å². The molecule has 0 fully saturated rings. The second kappa shape index (κ2) is 12.0. The van der Waals surface area contributed by atoms with Gasteiger partial charge in [0.1, 0.15) is 18.4 Å². The lowest BCUT2D eigenvalue weighted by atomic mass is 10.1. The number of nitrogens with one attached hydrogen (secondary N) is 1. The van der Waals surface area contributed by atoms with Gasteiger partial charge < -0.3 is 10.2 Å². The zero-order valence-corrected chi connectivity index (χ0v) is 22.2. The number of amides is 2. The van der Waals surface area contributed by atoms with Crippen molar-refractivity contribution in [3.05, 3.63) is 95.8 Å². The number of nitrogens with zero attached hydrogens (tertiary/aromatic N) is 2. The third kappa shape index (κ3) is 6.95. The minimum absolute atomic E-state index is 0.0228. The van der Waals surface area contributed by atoms with E-state index >= 15 is 0 Å². The average molecular weight is 526 g/mol. The molecule has 3 aromatic carbocycles. The van der Waals surface area contributed by atoms with Crippen molar-refractivity contribution in [2.45, 2.75) is 51.2 Å². The number of carbonyl (C=O) groups is 2. The number of rotatable bonds is 10. The summed E-state index contributed by atoms with van der Waals surface area (Å²) in [4.78, 5) is 27.8. The summed E-state index contributed by atoms with van der Waals surface area (Å²) in [5, 5.41) is 2.77. The zero-order valence-electron chi connectivity index (χ0n) is 21.4. The number of benzene rings is 3. The summed E-state index contributed by atoms with van der Waals surface area (Å²) in [6.07, 6.45) is 0. The standard InChI is InChI=1S/C28H32FN3O4S/c1-20(2)30-28(34)22(4)31(18-23-10-8-9-13-26(23)29)27(33)19-32(24-16-14-21(3)15-17-24)37(35,36)25-11-6-5-7-12-25/h5-17,20,22H,18-19H2,1-4H3,(H,30,34). The first kappa shape index (κ1) is 27.9. The van der Waals surface area contributed by atoms with Gasteiger partial charge in [0.25, 0.3) is 10.0 Å². The lowest BCUT2D eigenvalue weighted by Gasteiger charge is -2.32. The van der Waals surface area contributed by atoms with Gasteiger partial charge in [0.2, 0.25) is 11.8 Å². The van der Waals surface area contributed by atoms with Gasteiger partial charge in [0.05, 0.1) is 10.6 Å². The SMILES string of the molecule is Cc1ccc(N(CC(=O)N(Cc2ccccc2F)C(C)C(=O)NC(C)C)S(=O)(=O)c2ccccc2)cc1. The minimum Gasteiger partial charge on any atom is -0.352 e. The number of halogens is 1. The van der Waals surface area contributed by atoms with Crippen LogP contribution in [-0.2, 0) is 26.2 Å². The Hall–Kier alpha value is -3.72. The van der Waals surface area contributed by atoms with E-state index in [0.717, 1.165) is 9.87 Å². The Morgan fingerprint density at radius 3 is 2.08 bits per heavy atom. The monoisotopic (exact) mass is 525 g/mol. The summed E-state index contributed by atoms with van der Waals surface area (Å²) in [6, 6.07) is 19.4. The molecule has 0 saturated carbocycles. The first-order valence-corrected chi connectivity index (χ1v) is 13.4. The fourth-order valence-electron chi connectivity index (χ4n) is 3.76. The molecule has 1 N–H and O–H groups in total. The Balaban J connectivity index is 2.02. The van der Waals surface area contributed by atoms with Crippen molar-refractivity contribution in [1.82, 2.24) is 10.2 Å². The maximum Gasteiger partial charge on any atom is 0.264 e. The van der Waals surface area contributed by atoms with E-state index in [1.54, 1.807) is 69.3 Å². The van der Waals surface area contributed by atoms with E-state index in [0.29, 0.717) is 5.69 Å². The third-order valence-corrected chi connectivity index (χ3v) is 7.62. The Kier molecular flexibility index (Phi) is 9.04. The predicted octanol–water partition coefficient (Wildman–Crippen LogP) is 4.27. The molecule has 9 heteroatoms. The number of carbonyl (C=O) groups excluding carboxylic acids is 2. The van der Waals surface area contributed by atoms with E-state index in [2.05, 4.69) is 5.32 Å². The highest BCUT2D eigenvalue weighted by molar-refractivity contribution is 7.92. The molecule has 196 valence electrons. The van der Waals surface area contributed by atoms with Crippen LogP contribution in [0.3, 0.4) is 0 Å². The van der Waals surface area contributed by atoms with Gasteiger partial charge in [-0.1, -0.05) is 54.1 Å². The van der Waals surface area contributed by atoms with Gasteiger partial charge in [0, 0.05) is 18.2 Å². The van der Waals surface area contributed by atoms with Crippen molar-refractivity contribution in [3.63, 3.8) is 0 Å². The summed E-state index contributed by atoms with van der Waals surface area (Å²) in [5.41, 5.74) is 1.44. The molecule has 0 aliphatic rings. The van der Waals surface area contributed by atoms with Crippen LogP contribution in [0.5, 0.6) is 0 Å². The van der Waals surface area contributed by atoms with Crippen molar-refractivity contribution in [1.29, 1.82) is 0 Å². The van der Waals surface area contributed by atoms with E-state index in [1.165, 1.54) is 35.2 Å². The zero-order chi connectivity index (χ0) is 27.2. The molecule has 0 spiro atoms. The number of anilines is 1. The van der Waals surface area contributed by atoms with Gasteiger partial charge >= 0.3 is 0 Å². The van der Waals surface area contributed by atoms with Crippen LogP contribution in [0.25, 0.3) is 0 Å². The molecule has 2 amide bonds. The molecule has 37 heavy (non-hydrogen) atoms. The number of hydrogen-bond donors (Lipinski definition) is 1. The van der Waals surface area contributed by atoms with E-state index in [1.807, 2.05) is 6.92 Å². The van der Waals surface area contributed by atoms with Gasteiger partial charge in [0.15, 0.2) is 0 Å². The summed E-state index contributed by atoms with van der Waals surface area (Å²) < 4.78 is 42.8. The van der Waals surface area contributed by atoms with Gasteiger partial charge in [-0.05, 0) is 58.0 Å². The van der Waals surface area contributed by atoms with Crippen LogP contribution in [0.2, 0.25) is 0 Å². The van der Waals surface area contributed by atoms with Crippen LogP contribution in [0.1, 0.15) is 31.9 Å². The molecule has 0 radical (unpaired) electrons. The van der Waals surface area contributed by atoms with Gasteiger partial charge in [-0.25, -0.2) is 12.8 Å². The van der Waals surface area contributed by atoms with Crippen molar-refractivity contribution in [3.8, 4) is 0 Å². The Labute approximate surface area is 218 Å². The molecule has 1 atom stereocenters. The Bertz CT molecular complexity index is 1330. The van der Waals surface area contributed by atoms with Gasteiger partial charge in [-0.3, -0.25) is 13.9 Å². The molecule has 0 aliphatic carbocycles. The van der Waals surface area contributed by atoms with Crippen molar-refractivity contribution in [2.75, 3.05) is 10.8 Å². The molecule has 3 aromatic rings. The van der Waals surface area contributed by atoms with Crippen molar-refractivity contribution < 1.29 is 22.4 Å². The molecular formula is C28H32FN3O4S. The van der Waals surface area contributed by atoms with Crippen molar-refractivity contribution >= 4 is 27.5 Å². The maximum absolute atomic E-state index is 14.5. The van der Waals surface area contributed by atoms with Gasteiger partial charge in [-0.2, -0.15) is 0 Å². The molecule has 0 aromatic heterocycles. The molecule has 3 rings (SSSR count). The highest BCUT2D eigenvalue weighted by Gasteiger charge is 2.32. The molecule has 7 nitrogen and oxygen atoms in total. The highest BCUT2D eigenvalue weighted by atomic mass is 32.2. The topological polar surface area (TPSA) is 86.8 Å². The van der Waals surface area contributed by atoms with Crippen LogP contribution in [0, 0.1) is 12.7 Å². The van der Waals surface area contributed by atoms with E-state index in [-0.39, 0.29) is 23.0 Å². The summed E-state index contributed by atoms with van der Waals surface area (Å²) in [6.45, 7) is 6.21. The van der Waals surface area contributed by atoms with Crippen LogP contribution < -0.4 is 9.62 Å². The summed E-state index contributed by atoms with van der Waals surface area (Å²) >= 11 is 0. The minimum atomic E-state index is -4.13. The normalized spacial score (nSPS) is 12.2. The molecule has 0 saturated heterocycles. The van der Waals surface area contributed by atoms with Crippen molar-refractivity contribution in [2.24, 2.45) is 0 Å². The molecule has 0 heterocycles. The number of sulfonamides is 1. The Morgan fingerprint density at radius 1 is 0.892 bits per heavy atom. The van der Waals surface area contributed by atoms with E-state index in [4.69, 9.17) is 0 Å². The summed E-state index contributed by atoms with van der Waals surface area (Å²) in [7, 11) is -4.13. The average Bonchev–Trinajstić information content (AvgIpc) is 2.87. The first-order chi connectivity index (χ1) is 17.5. The van der Waals surface area contributed by atoms with Crippen LogP contribution in [0.15, 0.2) is 83.8 Å².